The number of alkyl carbamates (subject to hydrolysis) is 1. The number of fused-ring (bicyclic) bond motifs is 1. The van der Waals surface area contributed by atoms with Crippen LogP contribution in [0.25, 0.3) is 33.4 Å². The molecule has 1 saturated carbocycles. The molecule has 4 aliphatic rings. The van der Waals surface area contributed by atoms with Crippen molar-refractivity contribution in [2.24, 2.45) is 5.41 Å². The Labute approximate surface area is 468 Å². The van der Waals surface area contributed by atoms with Crippen molar-refractivity contribution < 1.29 is 43.6 Å². The van der Waals surface area contributed by atoms with Gasteiger partial charge in [0.25, 0.3) is 5.91 Å². The number of methoxy groups -OCH3 is 1. The minimum Gasteiger partial charge on any atom is -0.480 e. The zero-order valence-corrected chi connectivity index (χ0v) is 48.2. The van der Waals surface area contributed by atoms with E-state index in [4.69, 9.17) is 24.2 Å². The third-order valence-electron chi connectivity index (χ3n) is 15.9. The Balaban J connectivity index is 1.12. The third-order valence-corrected chi connectivity index (χ3v) is 16.8. The molecular formula is C59H80N10O9S. The van der Waals surface area contributed by atoms with Crippen LogP contribution in [0, 0.1) is 5.41 Å². The molecule has 19 nitrogen and oxygen atoms in total. The number of pyridine rings is 1. The van der Waals surface area contributed by atoms with Crippen LogP contribution in [-0.4, -0.2) is 165 Å². The average Bonchev–Trinajstić information content (AvgIpc) is 4.04. The molecule has 3 aliphatic heterocycles. The predicted octanol–water partition coefficient (Wildman–Crippen LogP) is 8.26. The molecule has 5 atom stereocenters. The first-order valence-corrected chi connectivity index (χ1v) is 28.9. The van der Waals surface area contributed by atoms with Gasteiger partial charge in [0, 0.05) is 113 Å². The summed E-state index contributed by atoms with van der Waals surface area (Å²) in [4.78, 5) is 74.1. The molecule has 9 rings (SSSR count). The maximum absolute atomic E-state index is 15.1. The Hall–Kier alpha value is -6.16. The van der Waals surface area contributed by atoms with Crippen molar-refractivity contribution in [3.63, 3.8) is 0 Å². The lowest BCUT2D eigenvalue weighted by atomic mass is 9.84. The number of rotatable bonds is 19. The summed E-state index contributed by atoms with van der Waals surface area (Å²) in [6.07, 6.45) is 4.77. The topological polar surface area (TPSA) is 207 Å². The number of amides is 3. The van der Waals surface area contributed by atoms with E-state index < -0.39 is 53.2 Å². The number of aryl methyl sites for hydroxylation is 1. The molecule has 1 aliphatic carbocycles. The van der Waals surface area contributed by atoms with Crippen molar-refractivity contribution in [2.75, 3.05) is 71.5 Å². The second-order valence-electron chi connectivity index (χ2n) is 23.4. The summed E-state index contributed by atoms with van der Waals surface area (Å²) in [5.74, 6) is -1.64. The number of anilines is 1. The minimum atomic E-state index is -1.31. The summed E-state index contributed by atoms with van der Waals surface area (Å²) >= 11 is 1.36. The number of carboxylic acids is 1. The van der Waals surface area contributed by atoms with Crippen LogP contribution < -0.4 is 15.6 Å². The van der Waals surface area contributed by atoms with Gasteiger partial charge in [-0.25, -0.2) is 20.0 Å². The van der Waals surface area contributed by atoms with Crippen LogP contribution in [0.5, 0.6) is 0 Å². The van der Waals surface area contributed by atoms with Gasteiger partial charge in [0.1, 0.15) is 29.3 Å². The van der Waals surface area contributed by atoms with Gasteiger partial charge in [0.15, 0.2) is 0 Å². The monoisotopic (exact) mass is 1100 g/mol. The van der Waals surface area contributed by atoms with Gasteiger partial charge in [0.05, 0.1) is 41.1 Å². The molecule has 2 aromatic carbocycles. The molecule has 3 saturated heterocycles. The Morgan fingerprint density at radius 2 is 1.71 bits per heavy atom. The second-order valence-corrected chi connectivity index (χ2v) is 24.3. The van der Waals surface area contributed by atoms with Gasteiger partial charge in [-0.15, -0.1) is 11.3 Å². The first kappa shape index (κ1) is 57.5. The zero-order chi connectivity index (χ0) is 56.3. The van der Waals surface area contributed by atoms with Crippen molar-refractivity contribution in [3.8, 4) is 22.5 Å². The highest BCUT2D eigenvalue weighted by molar-refractivity contribution is 7.10. The number of likely N-dealkylation sites (tertiary alicyclic amines) is 1. The van der Waals surface area contributed by atoms with E-state index in [-0.39, 0.29) is 31.9 Å². The zero-order valence-electron chi connectivity index (χ0n) is 47.4. The van der Waals surface area contributed by atoms with Crippen molar-refractivity contribution in [2.45, 2.75) is 142 Å². The number of hydrogen-bond donors (Lipinski definition) is 4. The summed E-state index contributed by atoms with van der Waals surface area (Å²) < 4.78 is 19.9. The molecule has 5 aromatic rings. The standard InChI is InChI=1S/C59H80N10O9S/c1-10-68-48-21-18-39(29-43(48)45(31-59(6,7)36-70)51(68)44-30-42(32-60-49(44)37(2)76-9)66-27-25-65(26-28-66)40-19-20-40)47-35-79-53(61-47)52(67-24-22-41(33-67)64(8)57(75)77-34-38-15-12-11-13-16-38)50(62-56(74)78-58(3,4)5)54(71)69-23-14-17-46(63-69)55(72)73/h11-13,15-16,18,21,29-30,32,35,37,40-41,46,50,52,63,70H,10,14,17,19-20,22-28,31,33-34,36H2,1-9H3,(H,62,74)(H,72,73)/t37-,41-,46-,50-,52-/m0/s1. The number of aliphatic carboxylic acids is 1. The van der Waals surface area contributed by atoms with Crippen LogP contribution in [-0.2, 0) is 43.4 Å². The van der Waals surface area contributed by atoms with Crippen LogP contribution in [0.4, 0.5) is 15.3 Å². The van der Waals surface area contributed by atoms with Crippen molar-refractivity contribution >= 4 is 52.0 Å². The van der Waals surface area contributed by atoms with E-state index in [1.165, 1.54) is 29.2 Å². The maximum atomic E-state index is 15.1. The van der Waals surface area contributed by atoms with Gasteiger partial charge in [-0.1, -0.05) is 50.2 Å². The number of hydrogen-bond acceptors (Lipinski definition) is 15. The minimum absolute atomic E-state index is 0.0319. The lowest BCUT2D eigenvalue weighted by molar-refractivity contribution is -0.148. The van der Waals surface area contributed by atoms with Gasteiger partial charge in [0.2, 0.25) is 0 Å². The largest absolute Gasteiger partial charge is 0.480 e. The lowest BCUT2D eigenvalue weighted by Crippen LogP contribution is -2.62. The second kappa shape index (κ2) is 24.3. The first-order chi connectivity index (χ1) is 37.8. The van der Waals surface area contributed by atoms with Gasteiger partial charge >= 0.3 is 18.2 Å². The number of benzene rings is 2. The molecule has 6 heterocycles. The number of carbonyl (C=O) groups is 4. The molecule has 79 heavy (non-hydrogen) atoms. The number of likely N-dealkylation sites (N-methyl/N-ethyl adjacent to an activating group) is 1. The predicted molar refractivity (Wildman–Crippen MR) is 305 cm³/mol. The Morgan fingerprint density at radius 3 is 2.38 bits per heavy atom. The van der Waals surface area contributed by atoms with E-state index in [1.54, 1.807) is 39.8 Å². The number of thiazole rings is 1. The lowest BCUT2D eigenvalue weighted by Gasteiger charge is -2.38. The number of nitrogens with one attached hydrogen (secondary N) is 2. The molecule has 426 valence electrons. The molecule has 0 spiro atoms. The Morgan fingerprint density at radius 1 is 0.962 bits per heavy atom. The number of nitrogens with zero attached hydrogens (tertiary/aromatic N) is 8. The fraction of sp³-hybridized carbons (Fsp3) is 0.559. The van der Waals surface area contributed by atoms with Crippen LogP contribution >= 0.6 is 11.3 Å². The SMILES string of the molecule is CCn1c(-c2cc(N3CCN(C4CC4)CC3)cnc2[C@H](C)OC)c(CC(C)(C)CO)c2cc(-c3csc([C@H]([C@H](NC(=O)OC(C)(C)C)C(=O)N4CCC[C@@H](C(=O)O)N4)N4CC[C@H](N(C)C(=O)OCc5ccccc5)C4)n3)ccc21. The fourth-order valence-corrected chi connectivity index (χ4v) is 12.4. The molecule has 4 fully saturated rings. The van der Waals surface area contributed by atoms with Crippen molar-refractivity contribution in [1.29, 1.82) is 0 Å². The molecule has 0 unspecified atom stereocenters. The molecule has 0 bridgehead atoms. The number of hydrazine groups is 1. The molecule has 4 N–H and O–H groups in total. The van der Waals surface area contributed by atoms with E-state index in [0.717, 1.165) is 82.5 Å². The number of aliphatic hydroxyl groups is 1. The highest BCUT2D eigenvalue weighted by Crippen LogP contribution is 2.44. The molecular weight excluding hydrogens is 1020 g/mol. The normalized spacial score (nSPS) is 19.8. The summed E-state index contributed by atoms with van der Waals surface area (Å²) in [5, 5.41) is 28.6. The van der Waals surface area contributed by atoms with Gasteiger partial charge in [-0.05, 0) is 108 Å². The first-order valence-electron chi connectivity index (χ1n) is 28.0. The van der Waals surface area contributed by atoms with Crippen LogP contribution in [0.15, 0.2) is 66.2 Å². The van der Waals surface area contributed by atoms with Crippen molar-refractivity contribution in [3.05, 3.63) is 88.0 Å². The van der Waals surface area contributed by atoms with Gasteiger partial charge < -0.3 is 44.1 Å². The number of carbonyl (C=O) groups excluding carboxylic acids is 3. The van der Waals surface area contributed by atoms with Crippen LogP contribution in [0.1, 0.15) is 115 Å². The molecule has 3 amide bonds. The van der Waals surface area contributed by atoms with Crippen LogP contribution in [0.2, 0.25) is 0 Å². The summed E-state index contributed by atoms with van der Waals surface area (Å²) in [7, 11) is 3.41. The van der Waals surface area contributed by atoms with Crippen LogP contribution in [0.3, 0.4) is 0 Å². The smallest absolute Gasteiger partial charge is 0.410 e. The van der Waals surface area contributed by atoms with Gasteiger partial charge in [-0.3, -0.25) is 29.4 Å². The summed E-state index contributed by atoms with van der Waals surface area (Å²) in [6, 6.07) is 15.3. The van der Waals surface area contributed by atoms with E-state index in [1.807, 2.05) is 48.8 Å². The van der Waals surface area contributed by atoms with Gasteiger partial charge in [-0.2, -0.15) is 0 Å². The fourth-order valence-electron chi connectivity index (χ4n) is 11.4. The highest BCUT2D eigenvalue weighted by Gasteiger charge is 2.45. The van der Waals surface area contributed by atoms with E-state index in [9.17, 15) is 24.6 Å². The summed E-state index contributed by atoms with van der Waals surface area (Å²) in [6.45, 7) is 19.1. The quantitative estimate of drug-likeness (QED) is 0.0614. The van der Waals surface area contributed by atoms with E-state index >= 15 is 4.79 Å². The maximum Gasteiger partial charge on any atom is 0.410 e. The number of aromatic nitrogens is 3. The Bertz CT molecular complexity index is 2970. The number of piperazine rings is 1. The highest BCUT2D eigenvalue weighted by atomic mass is 32.1. The number of aliphatic hydroxyl groups excluding tert-OH is 1. The number of ether oxygens (including phenoxy) is 3. The van der Waals surface area contributed by atoms with Crippen molar-refractivity contribution in [1.82, 2.24) is 45.0 Å². The van der Waals surface area contributed by atoms with E-state index in [0.29, 0.717) is 56.0 Å². The third kappa shape index (κ3) is 13.2. The summed E-state index contributed by atoms with van der Waals surface area (Å²) in [5.41, 5.74) is 9.86. The number of carboxylic acid groups (broad SMARTS) is 1. The average molecular weight is 1110 g/mol. The molecule has 0 radical (unpaired) electrons. The molecule has 3 aromatic heterocycles. The molecule has 20 heteroatoms. The Kier molecular flexibility index (Phi) is 17.7. The van der Waals surface area contributed by atoms with E-state index in [2.05, 4.69) is 75.0 Å².